The molecule has 2 fully saturated rings. The van der Waals surface area contributed by atoms with Gasteiger partial charge in [-0.15, -0.1) is 11.3 Å². The lowest BCUT2D eigenvalue weighted by Gasteiger charge is -2.32. The number of nitrogens with zero attached hydrogens (tertiary/aromatic N) is 5. The normalized spacial score (nSPS) is 20.7. The highest BCUT2D eigenvalue weighted by atomic mass is 32.2. The Bertz CT molecular complexity index is 1080. The summed E-state index contributed by atoms with van der Waals surface area (Å²) in [6.45, 7) is 6.99. The zero-order valence-electron chi connectivity index (χ0n) is 17.1. The van der Waals surface area contributed by atoms with Crippen LogP contribution < -0.4 is 15.6 Å². The van der Waals surface area contributed by atoms with Gasteiger partial charge >= 0.3 is 0 Å². The molecule has 0 bridgehead atoms. The summed E-state index contributed by atoms with van der Waals surface area (Å²) in [4.78, 5) is 25.8. The van der Waals surface area contributed by atoms with Gasteiger partial charge in [0.1, 0.15) is 5.82 Å². The maximum absolute atomic E-state index is 13.3. The van der Waals surface area contributed by atoms with Crippen molar-refractivity contribution in [3.05, 3.63) is 40.1 Å². The minimum absolute atomic E-state index is 0.0566. The zero-order chi connectivity index (χ0) is 20.5. The van der Waals surface area contributed by atoms with Gasteiger partial charge in [-0.2, -0.15) is 0 Å². The summed E-state index contributed by atoms with van der Waals surface area (Å²) in [6.07, 6.45) is 7.38. The third-order valence-electron chi connectivity index (χ3n) is 5.66. The maximum Gasteiger partial charge on any atom is 0.205 e. The van der Waals surface area contributed by atoms with E-state index in [2.05, 4.69) is 26.4 Å². The Labute approximate surface area is 184 Å². The lowest BCUT2D eigenvalue weighted by Crippen LogP contribution is -2.49. The van der Waals surface area contributed by atoms with Crippen molar-refractivity contribution < 1.29 is 0 Å². The molecule has 1 atom stereocenters. The summed E-state index contributed by atoms with van der Waals surface area (Å²) >= 11 is 3.14. The van der Waals surface area contributed by atoms with Crippen molar-refractivity contribution in [3.63, 3.8) is 0 Å². The lowest BCUT2D eigenvalue weighted by molar-refractivity contribution is 0.380. The number of fused-ring (bicyclic) bond motifs is 1. The maximum atomic E-state index is 13.3. The van der Waals surface area contributed by atoms with Crippen LogP contribution in [0.15, 0.2) is 39.6 Å². The molecule has 1 N–H and O–H groups in total. The summed E-state index contributed by atoms with van der Waals surface area (Å²) in [6, 6.07) is 4.35. The van der Waals surface area contributed by atoms with Crippen molar-refractivity contribution in [3.8, 4) is 5.13 Å². The molecular weight excluding hydrogens is 416 g/mol. The molecule has 5 rings (SSSR count). The average molecular weight is 443 g/mol. The molecule has 5 heterocycles. The molecule has 158 valence electrons. The Morgan fingerprint density at radius 2 is 2.07 bits per heavy atom. The standard InChI is InChI=1S/C21H26N6OS2/c1-15-13-25(11-7-22-15)18-6-5-16-19(28)17(30-26-9-3-2-4-10-26)14-27(20(16)24-18)21-23-8-12-29-21/h5-6,8,12,14-15,22H,2-4,7,9-11,13H2,1H3. The number of aromatic nitrogens is 3. The van der Waals surface area contributed by atoms with Gasteiger partial charge in [-0.3, -0.25) is 9.36 Å². The van der Waals surface area contributed by atoms with E-state index in [0.717, 1.165) is 48.6 Å². The Hall–Kier alpha value is -1.94. The van der Waals surface area contributed by atoms with Crippen LogP contribution in [0.2, 0.25) is 0 Å². The van der Waals surface area contributed by atoms with E-state index in [-0.39, 0.29) is 5.43 Å². The third-order valence-corrected chi connectivity index (χ3v) is 7.55. The van der Waals surface area contributed by atoms with Crippen molar-refractivity contribution in [2.45, 2.75) is 37.1 Å². The predicted octanol–water partition coefficient (Wildman–Crippen LogP) is 3.13. The number of piperidine rings is 1. The fraction of sp³-hybridized carbons (Fsp3) is 0.476. The van der Waals surface area contributed by atoms with Gasteiger partial charge < -0.3 is 10.2 Å². The van der Waals surface area contributed by atoms with Crippen LogP contribution in [0, 0.1) is 0 Å². The Morgan fingerprint density at radius 1 is 1.20 bits per heavy atom. The first-order chi connectivity index (χ1) is 14.7. The van der Waals surface area contributed by atoms with Crippen molar-refractivity contribution in [1.29, 1.82) is 0 Å². The number of piperazine rings is 1. The molecule has 0 aromatic carbocycles. The molecule has 7 nitrogen and oxygen atoms in total. The van der Waals surface area contributed by atoms with Crippen molar-refractivity contribution in [1.82, 2.24) is 24.2 Å². The molecule has 3 aromatic heterocycles. The Kier molecular flexibility index (Phi) is 5.77. The van der Waals surface area contributed by atoms with E-state index in [1.54, 1.807) is 29.5 Å². The van der Waals surface area contributed by atoms with Gasteiger partial charge in [0.15, 0.2) is 10.8 Å². The molecule has 0 radical (unpaired) electrons. The minimum atomic E-state index is 0.0566. The van der Waals surface area contributed by atoms with Crippen molar-refractivity contribution in [2.24, 2.45) is 0 Å². The summed E-state index contributed by atoms with van der Waals surface area (Å²) in [5.41, 5.74) is 0.739. The molecule has 0 amide bonds. The summed E-state index contributed by atoms with van der Waals surface area (Å²) in [7, 11) is 0. The van der Waals surface area contributed by atoms with Crippen LogP contribution in [-0.2, 0) is 0 Å². The van der Waals surface area contributed by atoms with Crippen LogP contribution in [0.1, 0.15) is 26.2 Å². The van der Waals surface area contributed by atoms with Gasteiger partial charge in [-0.05, 0) is 43.8 Å². The highest BCUT2D eigenvalue weighted by Gasteiger charge is 2.21. The van der Waals surface area contributed by atoms with Crippen molar-refractivity contribution in [2.75, 3.05) is 37.6 Å². The average Bonchev–Trinajstić information content (AvgIpc) is 3.31. The molecule has 2 aliphatic rings. The number of rotatable bonds is 4. The number of anilines is 1. The predicted molar refractivity (Wildman–Crippen MR) is 124 cm³/mol. The minimum Gasteiger partial charge on any atom is -0.354 e. The molecular formula is C21H26N6OS2. The van der Waals surface area contributed by atoms with Crippen molar-refractivity contribution >= 4 is 40.1 Å². The first kappa shape index (κ1) is 20.0. The van der Waals surface area contributed by atoms with Gasteiger partial charge in [-0.25, -0.2) is 14.3 Å². The van der Waals surface area contributed by atoms with E-state index in [9.17, 15) is 4.79 Å². The van der Waals surface area contributed by atoms with E-state index in [1.165, 1.54) is 19.3 Å². The number of hydrogen-bond donors (Lipinski definition) is 1. The Morgan fingerprint density at radius 3 is 2.83 bits per heavy atom. The van der Waals surface area contributed by atoms with E-state index >= 15 is 0 Å². The van der Waals surface area contributed by atoms with E-state index in [4.69, 9.17) is 4.98 Å². The largest absolute Gasteiger partial charge is 0.354 e. The summed E-state index contributed by atoms with van der Waals surface area (Å²) < 4.78 is 4.30. The summed E-state index contributed by atoms with van der Waals surface area (Å²) in [5.74, 6) is 0.914. The molecule has 9 heteroatoms. The number of pyridine rings is 2. The topological polar surface area (TPSA) is 66.3 Å². The van der Waals surface area contributed by atoms with Crippen LogP contribution in [0.5, 0.6) is 0 Å². The van der Waals surface area contributed by atoms with E-state index in [0.29, 0.717) is 17.1 Å². The summed E-state index contributed by atoms with van der Waals surface area (Å²) in [5, 5.41) is 6.91. The van der Waals surface area contributed by atoms with Crippen LogP contribution in [0.3, 0.4) is 0 Å². The zero-order valence-corrected chi connectivity index (χ0v) is 18.7. The first-order valence-electron chi connectivity index (χ1n) is 10.6. The van der Waals surface area contributed by atoms with E-state index in [1.807, 2.05) is 28.3 Å². The number of nitrogens with one attached hydrogen (secondary N) is 1. The van der Waals surface area contributed by atoms with Crippen LogP contribution in [0.4, 0.5) is 5.82 Å². The molecule has 0 spiro atoms. The second-order valence-corrected chi connectivity index (χ2v) is 9.94. The molecule has 3 aromatic rings. The SMILES string of the molecule is CC1CN(c2ccc3c(=O)c(SN4CCCCC4)cn(-c4nccs4)c3n2)CCN1. The van der Waals surface area contributed by atoms with Gasteiger partial charge in [0.25, 0.3) is 0 Å². The molecule has 1 unspecified atom stereocenters. The van der Waals surface area contributed by atoms with Crippen LogP contribution >= 0.6 is 23.3 Å². The fourth-order valence-corrected chi connectivity index (χ4v) is 5.81. The number of thiazole rings is 1. The second-order valence-electron chi connectivity index (χ2n) is 7.93. The number of hydrogen-bond acceptors (Lipinski definition) is 8. The highest BCUT2D eigenvalue weighted by molar-refractivity contribution is 7.97. The second kappa shape index (κ2) is 8.66. The molecule has 2 saturated heterocycles. The monoisotopic (exact) mass is 442 g/mol. The Balaban J connectivity index is 1.60. The fourth-order valence-electron chi connectivity index (χ4n) is 4.13. The third kappa shape index (κ3) is 3.99. The van der Waals surface area contributed by atoms with Gasteiger partial charge in [0, 0.05) is 56.5 Å². The molecule has 2 aliphatic heterocycles. The van der Waals surface area contributed by atoms with Gasteiger partial charge in [-0.1, -0.05) is 6.42 Å². The lowest BCUT2D eigenvalue weighted by atomic mass is 10.2. The molecule has 0 aliphatic carbocycles. The highest BCUT2D eigenvalue weighted by Crippen LogP contribution is 2.28. The molecule has 30 heavy (non-hydrogen) atoms. The quantitative estimate of drug-likeness (QED) is 0.623. The van der Waals surface area contributed by atoms with Crippen LogP contribution in [-0.4, -0.2) is 57.6 Å². The van der Waals surface area contributed by atoms with Gasteiger partial charge in [0.2, 0.25) is 5.43 Å². The van der Waals surface area contributed by atoms with Crippen LogP contribution in [0.25, 0.3) is 16.2 Å². The first-order valence-corrected chi connectivity index (χ1v) is 12.2. The van der Waals surface area contributed by atoms with E-state index < -0.39 is 0 Å². The molecule has 0 saturated carbocycles. The van der Waals surface area contributed by atoms with Gasteiger partial charge in [0.05, 0.1) is 10.3 Å². The smallest absolute Gasteiger partial charge is 0.205 e.